The molecule has 0 aromatic carbocycles. The van der Waals surface area contributed by atoms with Crippen LogP contribution in [0.1, 0.15) is 98.9 Å². The van der Waals surface area contributed by atoms with Crippen LogP contribution in [0.15, 0.2) is 36.9 Å². The third-order valence-corrected chi connectivity index (χ3v) is 7.95. The standard InChI is InChI=1S/C30H35F5N6O3/c1-17(2)44-22-11-21(13-36-15-22)28(43)40-27(19-5-8-29(31,32)9-6-19)23-16-41-24(38-23)12-20(14-37-41)26(18-3-4-18)39-25(42)7-10-30(33,34)35/h11-19,26-27H,3-10H2,1-2H3,(H,39,42)(H,40,43)/t26?,27-/m0/s1. The average molecular weight is 623 g/mol. The van der Waals surface area contributed by atoms with Crippen LogP contribution in [-0.2, 0) is 4.79 Å². The normalized spacial score (nSPS) is 18.6. The molecule has 2 atom stereocenters. The highest BCUT2D eigenvalue weighted by atomic mass is 19.4. The Hall–Kier alpha value is -3.84. The van der Waals surface area contributed by atoms with E-state index in [2.05, 4.69) is 20.7 Å². The highest BCUT2D eigenvalue weighted by molar-refractivity contribution is 5.94. The summed E-state index contributed by atoms with van der Waals surface area (Å²) < 4.78 is 73.1. The van der Waals surface area contributed by atoms with E-state index in [9.17, 15) is 31.5 Å². The van der Waals surface area contributed by atoms with E-state index in [1.54, 1.807) is 18.3 Å². The molecular weight excluding hydrogens is 587 g/mol. The molecule has 0 radical (unpaired) electrons. The van der Waals surface area contributed by atoms with Gasteiger partial charge in [0.15, 0.2) is 5.65 Å². The first kappa shape index (κ1) is 31.6. The number of aromatic nitrogens is 4. The molecule has 0 saturated heterocycles. The summed E-state index contributed by atoms with van der Waals surface area (Å²) in [6, 6.07) is 2.04. The van der Waals surface area contributed by atoms with E-state index in [1.807, 2.05) is 13.8 Å². The van der Waals surface area contributed by atoms with Crippen LogP contribution in [0.2, 0.25) is 0 Å². The zero-order valence-electron chi connectivity index (χ0n) is 24.4. The molecule has 2 fully saturated rings. The lowest BCUT2D eigenvalue weighted by Crippen LogP contribution is -2.37. The Labute approximate surface area is 251 Å². The van der Waals surface area contributed by atoms with E-state index in [-0.39, 0.29) is 49.2 Å². The maximum absolute atomic E-state index is 14.0. The molecule has 2 amide bonds. The van der Waals surface area contributed by atoms with E-state index in [4.69, 9.17) is 9.72 Å². The predicted octanol–water partition coefficient (Wildman–Crippen LogP) is 6.12. The summed E-state index contributed by atoms with van der Waals surface area (Å²) in [6.45, 7) is 3.69. The Kier molecular flexibility index (Phi) is 9.07. The number of ether oxygens (including phenoxy) is 1. The van der Waals surface area contributed by atoms with Crippen molar-refractivity contribution >= 4 is 17.5 Å². The summed E-state index contributed by atoms with van der Waals surface area (Å²) >= 11 is 0. The third-order valence-electron chi connectivity index (χ3n) is 7.95. The first-order valence-corrected chi connectivity index (χ1v) is 14.8. The number of amides is 2. The van der Waals surface area contributed by atoms with Gasteiger partial charge in [-0.2, -0.15) is 18.3 Å². The van der Waals surface area contributed by atoms with Crippen molar-refractivity contribution in [1.82, 2.24) is 30.2 Å². The summed E-state index contributed by atoms with van der Waals surface area (Å²) in [5.74, 6) is -3.76. The Bertz CT molecular complexity index is 1480. The van der Waals surface area contributed by atoms with Crippen LogP contribution >= 0.6 is 0 Å². The SMILES string of the molecule is CC(C)Oc1cncc(C(=O)N[C@H](c2cn3ncc(C(NC(=O)CCC(F)(F)F)C4CC4)cc3n2)C2CCC(F)(F)CC2)c1. The largest absolute Gasteiger partial charge is 0.489 e. The summed E-state index contributed by atoms with van der Waals surface area (Å²) in [5.41, 5.74) is 1.66. The van der Waals surface area contributed by atoms with Crippen molar-refractivity contribution in [2.45, 2.75) is 95.5 Å². The number of hydrogen-bond acceptors (Lipinski definition) is 6. The van der Waals surface area contributed by atoms with Crippen molar-refractivity contribution in [2.24, 2.45) is 11.8 Å². The quantitative estimate of drug-likeness (QED) is 0.250. The number of imidazole rings is 1. The van der Waals surface area contributed by atoms with Crippen molar-refractivity contribution in [2.75, 3.05) is 0 Å². The van der Waals surface area contributed by atoms with Gasteiger partial charge in [0, 0.05) is 25.5 Å². The van der Waals surface area contributed by atoms with Gasteiger partial charge in [0.1, 0.15) is 5.75 Å². The zero-order valence-corrected chi connectivity index (χ0v) is 24.4. The summed E-state index contributed by atoms with van der Waals surface area (Å²) in [6.07, 6.45) is 0.975. The van der Waals surface area contributed by atoms with Crippen LogP contribution in [0, 0.1) is 11.8 Å². The number of fused-ring (bicyclic) bond motifs is 1. The minimum atomic E-state index is -4.43. The highest BCUT2D eigenvalue weighted by Crippen LogP contribution is 2.43. The molecule has 9 nitrogen and oxygen atoms in total. The Balaban J connectivity index is 1.39. The van der Waals surface area contributed by atoms with Crippen molar-refractivity contribution in [1.29, 1.82) is 0 Å². The average Bonchev–Trinajstić information content (AvgIpc) is 3.71. The Morgan fingerprint density at radius 1 is 1.02 bits per heavy atom. The molecule has 44 heavy (non-hydrogen) atoms. The van der Waals surface area contributed by atoms with Crippen LogP contribution in [0.3, 0.4) is 0 Å². The van der Waals surface area contributed by atoms with Gasteiger partial charge in [-0.15, -0.1) is 0 Å². The smallest absolute Gasteiger partial charge is 0.389 e. The van der Waals surface area contributed by atoms with Crippen LogP contribution < -0.4 is 15.4 Å². The number of halogens is 5. The molecule has 2 aliphatic rings. The molecule has 3 aromatic heterocycles. The lowest BCUT2D eigenvalue weighted by atomic mass is 9.81. The van der Waals surface area contributed by atoms with E-state index in [0.29, 0.717) is 22.7 Å². The van der Waals surface area contributed by atoms with Crippen molar-refractivity contribution in [3.63, 3.8) is 0 Å². The van der Waals surface area contributed by atoms with Crippen molar-refractivity contribution in [3.8, 4) is 5.75 Å². The fourth-order valence-electron chi connectivity index (χ4n) is 5.57. The second-order valence-electron chi connectivity index (χ2n) is 12.0. The molecule has 0 spiro atoms. The maximum Gasteiger partial charge on any atom is 0.389 e. The fraction of sp³-hybridized carbons (Fsp3) is 0.567. The van der Waals surface area contributed by atoms with E-state index in [1.165, 1.54) is 23.1 Å². The third kappa shape index (κ3) is 8.20. The number of carbonyl (C=O) groups is 2. The highest BCUT2D eigenvalue weighted by Gasteiger charge is 2.40. The van der Waals surface area contributed by atoms with Gasteiger partial charge in [0.05, 0.1) is 54.5 Å². The molecule has 238 valence electrons. The molecule has 14 heteroatoms. The molecule has 1 unspecified atom stereocenters. The lowest BCUT2D eigenvalue weighted by molar-refractivity contribution is -0.144. The van der Waals surface area contributed by atoms with Gasteiger partial charge in [-0.25, -0.2) is 18.3 Å². The van der Waals surface area contributed by atoms with E-state index < -0.39 is 48.8 Å². The minimum Gasteiger partial charge on any atom is -0.489 e. The molecule has 0 aliphatic heterocycles. The Morgan fingerprint density at radius 2 is 1.73 bits per heavy atom. The number of hydrogen-bond donors (Lipinski definition) is 2. The molecular formula is C30H35F5N6O3. The number of nitrogens with zero attached hydrogens (tertiary/aromatic N) is 4. The summed E-state index contributed by atoms with van der Waals surface area (Å²) in [7, 11) is 0. The predicted molar refractivity (Wildman–Crippen MR) is 149 cm³/mol. The van der Waals surface area contributed by atoms with Gasteiger partial charge in [-0.1, -0.05) is 0 Å². The van der Waals surface area contributed by atoms with Crippen LogP contribution in [0.4, 0.5) is 22.0 Å². The Morgan fingerprint density at radius 3 is 2.39 bits per heavy atom. The molecule has 5 rings (SSSR count). The van der Waals surface area contributed by atoms with Gasteiger partial charge >= 0.3 is 6.18 Å². The first-order valence-electron chi connectivity index (χ1n) is 14.8. The van der Waals surface area contributed by atoms with Gasteiger partial charge < -0.3 is 15.4 Å². The second-order valence-corrected chi connectivity index (χ2v) is 12.0. The molecule has 2 aliphatic carbocycles. The molecule has 2 N–H and O–H groups in total. The van der Waals surface area contributed by atoms with Gasteiger partial charge in [0.2, 0.25) is 11.8 Å². The number of rotatable bonds is 11. The summed E-state index contributed by atoms with van der Waals surface area (Å²) in [4.78, 5) is 34.5. The van der Waals surface area contributed by atoms with Gasteiger partial charge in [0.25, 0.3) is 5.91 Å². The lowest BCUT2D eigenvalue weighted by Gasteiger charge is -2.33. The minimum absolute atomic E-state index is 0.0727. The molecule has 3 heterocycles. The van der Waals surface area contributed by atoms with Crippen LogP contribution in [0.5, 0.6) is 5.75 Å². The number of alkyl halides is 5. The topological polar surface area (TPSA) is 111 Å². The number of carbonyl (C=O) groups excluding carboxylic acids is 2. The number of pyridine rings is 1. The van der Waals surface area contributed by atoms with E-state index in [0.717, 1.165) is 12.8 Å². The van der Waals surface area contributed by atoms with Crippen molar-refractivity contribution in [3.05, 3.63) is 53.7 Å². The van der Waals surface area contributed by atoms with Gasteiger partial charge in [-0.05, 0) is 69.1 Å². The second kappa shape index (κ2) is 12.6. The summed E-state index contributed by atoms with van der Waals surface area (Å²) in [5, 5.41) is 10.1. The molecule has 0 bridgehead atoms. The first-order chi connectivity index (χ1) is 20.8. The molecule has 3 aromatic rings. The maximum atomic E-state index is 14.0. The van der Waals surface area contributed by atoms with Crippen molar-refractivity contribution < 1.29 is 36.3 Å². The van der Waals surface area contributed by atoms with Gasteiger partial charge in [-0.3, -0.25) is 14.6 Å². The molecule has 2 saturated carbocycles. The van der Waals surface area contributed by atoms with Crippen LogP contribution in [-0.4, -0.2) is 49.6 Å². The monoisotopic (exact) mass is 622 g/mol. The van der Waals surface area contributed by atoms with Crippen LogP contribution in [0.25, 0.3) is 5.65 Å². The number of nitrogens with one attached hydrogen (secondary N) is 2. The van der Waals surface area contributed by atoms with E-state index >= 15 is 0 Å². The zero-order chi connectivity index (χ0) is 31.6. The fourth-order valence-corrected chi connectivity index (χ4v) is 5.57.